The Balaban J connectivity index is 2.60. The van der Waals surface area contributed by atoms with Crippen LogP contribution in [-0.2, 0) is 6.18 Å². The van der Waals surface area contributed by atoms with Crippen LogP contribution >= 0.6 is 0 Å². The second-order valence-electron chi connectivity index (χ2n) is 4.18. The maximum Gasteiger partial charge on any atom is 0.417 e. The highest BCUT2D eigenvalue weighted by molar-refractivity contribution is 5.96. The molecule has 0 atom stereocenters. The lowest BCUT2D eigenvalue weighted by molar-refractivity contribution is -0.137. The van der Waals surface area contributed by atoms with E-state index in [0.717, 1.165) is 13.0 Å². The minimum atomic E-state index is -4.54. The van der Waals surface area contributed by atoms with Gasteiger partial charge < -0.3 is 0 Å². The van der Waals surface area contributed by atoms with Crippen molar-refractivity contribution in [3.8, 4) is 11.1 Å². The number of ketones is 1. The zero-order valence-electron chi connectivity index (χ0n) is 10.2. The molecule has 98 valence electrons. The summed E-state index contributed by atoms with van der Waals surface area (Å²) in [6, 6.07) is 12.5. The predicted molar refractivity (Wildman–Crippen MR) is 66.9 cm³/mol. The van der Waals surface area contributed by atoms with E-state index in [1.807, 2.05) is 0 Å². The first-order chi connectivity index (χ1) is 8.89. The zero-order chi connectivity index (χ0) is 14.0. The van der Waals surface area contributed by atoms with Gasteiger partial charge in [0.05, 0.1) is 5.56 Å². The summed E-state index contributed by atoms with van der Waals surface area (Å²) in [4.78, 5) is 11.3. The van der Waals surface area contributed by atoms with Gasteiger partial charge in [-0.3, -0.25) is 4.79 Å². The van der Waals surface area contributed by atoms with E-state index < -0.39 is 17.5 Å². The number of benzene rings is 2. The molecule has 0 aliphatic carbocycles. The standard InChI is InChI=1S/C15H11F3O/c1-10(19)13-8-7-12(9-14(13)15(16,17)18)11-5-3-2-4-6-11/h2-9H,1H3. The van der Waals surface area contributed by atoms with Crippen LogP contribution in [0.15, 0.2) is 48.5 Å². The molecule has 0 aromatic heterocycles. The molecule has 2 aromatic carbocycles. The molecule has 0 N–H and O–H groups in total. The van der Waals surface area contributed by atoms with Crippen LogP contribution in [0, 0.1) is 0 Å². The monoisotopic (exact) mass is 264 g/mol. The molecule has 0 aliphatic heterocycles. The van der Waals surface area contributed by atoms with Crippen molar-refractivity contribution in [2.24, 2.45) is 0 Å². The number of hydrogen-bond acceptors (Lipinski definition) is 1. The van der Waals surface area contributed by atoms with Crippen molar-refractivity contribution >= 4 is 5.78 Å². The molecule has 0 radical (unpaired) electrons. The van der Waals surface area contributed by atoms with Crippen molar-refractivity contribution in [2.75, 3.05) is 0 Å². The molecular weight excluding hydrogens is 253 g/mol. The number of hydrogen-bond donors (Lipinski definition) is 0. The van der Waals surface area contributed by atoms with E-state index in [1.165, 1.54) is 12.1 Å². The van der Waals surface area contributed by atoms with Gasteiger partial charge in [0.2, 0.25) is 0 Å². The lowest BCUT2D eigenvalue weighted by Gasteiger charge is -2.13. The van der Waals surface area contributed by atoms with E-state index in [1.54, 1.807) is 30.3 Å². The minimum absolute atomic E-state index is 0.299. The average molecular weight is 264 g/mol. The summed E-state index contributed by atoms with van der Waals surface area (Å²) in [5.74, 6) is -0.591. The van der Waals surface area contributed by atoms with Gasteiger partial charge in [0.25, 0.3) is 0 Å². The van der Waals surface area contributed by atoms with Crippen LogP contribution in [-0.4, -0.2) is 5.78 Å². The largest absolute Gasteiger partial charge is 0.417 e. The van der Waals surface area contributed by atoms with Crippen LogP contribution in [0.3, 0.4) is 0 Å². The zero-order valence-corrected chi connectivity index (χ0v) is 10.2. The fourth-order valence-corrected chi connectivity index (χ4v) is 1.90. The highest BCUT2D eigenvalue weighted by atomic mass is 19.4. The van der Waals surface area contributed by atoms with Gasteiger partial charge in [0.15, 0.2) is 5.78 Å². The molecule has 0 unspecified atom stereocenters. The molecule has 2 rings (SSSR count). The smallest absolute Gasteiger partial charge is 0.294 e. The van der Waals surface area contributed by atoms with Gasteiger partial charge >= 0.3 is 6.18 Å². The fourth-order valence-electron chi connectivity index (χ4n) is 1.90. The number of Topliss-reactive ketones (excluding diaryl/α,β-unsaturated/α-hetero) is 1. The van der Waals surface area contributed by atoms with Gasteiger partial charge in [-0.1, -0.05) is 42.5 Å². The van der Waals surface area contributed by atoms with Crippen LogP contribution in [0.2, 0.25) is 0 Å². The SMILES string of the molecule is CC(=O)c1ccc(-c2ccccc2)cc1C(F)(F)F. The molecule has 0 bridgehead atoms. The molecule has 0 saturated heterocycles. The van der Waals surface area contributed by atoms with Crippen molar-refractivity contribution in [1.82, 2.24) is 0 Å². The first-order valence-corrected chi connectivity index (χ1v) is 5.67. The summed E-state index contributed by atoms with van der Waals surface area (Å²) in [6.45, 7) is 1.13. The molecule has 0 aliphatic rings. The Bertz CT molecular complexity index is 601. The summed E-state index contributed by atoms with van der Waals surface area (Å²) >= 11 is 0. The summed E-state index contributed by atoms with van der Waals surface area (Å²) in [5, 5.41) is 0. The van der Waals surface area contributed by atoms with Gasteiger partial charge in [-0.25, -0.2) is 0 Å². The molecule has 2 aromatic rings. The summed E-state index contributed by atoms with van der Waals surface area (Å²) in [7, 11) is 0. The molecule has 19 heavy (non-hydrogen) atoms. The van der Waals surface area contributed by atoms with Crippen molar-refractivity contribution < 1.29 is 18.0 Å². The third kappa shape index (κ3) is 2.84. The lowest BCUT2D eigenvalue weighted by Crippen LogP contribution is -2.11. The van der Waals surface area contributed by atoms with Crippen molar-refractivity contribution in [3.63, 3.8) is 0 Å². The van der Waals surface area contributed by atoms with Gasteiger partial charge in [0.1, 0.15) is 0 Å². The Morgan fingerprint density at radius 3 is 2.11 bits per heavy atom. The van der Waals surface area contributed by atoms with E-state index in [0.29, 0.717) is 11.1 Å². The van der Waals surface area contributed by atoms with Gasteiger partial charge in [-0.2, -0.15) is 13.2 Å². The highest BCUT2D eigenvalue weighted by Crippen LogP contribution is 2.35. The Morgan fingerprint density at radius 1 is 0.947 bits per heavy atom. The molecule has 0 saturated carbocycles. The van der Waals surface area contributed by atoms with Crippen LogP contribution in [0.1, 0.15) is 22.8 Å². The second-order valence-corrected chi connectivity index (χ2v) is 4.18. The third-order valence-corrected chi connectivity index (χ3v) is 2.81. The Morgan fingerprint density at radius 2 is 1.58 bits per heavy atom. The number of rotatable bonds is 2. The highest BCUT2D eigenvalue weighted by Gasteiger charge is 2.34. The number of halogens is 3. The molecule has 4 heteroatoms. The van der Waals surface area contributed by atoms with Gasteiger partial charge in [-0.05, 0) is 24.1 Å². The van der Waals surface area contributed by atoms with Gasteiger partial charge in [-0.15, -0.1) is 0 Å². The predicted octanol–water partition coefficient (Wildman–Crippen LogP) is 4.58. The maximum absolute atomic E-state index is 13.0. The van der Waals surface area contributed by atoms with Crippen LogP contribution < -0.4 is 0 Å². The van der Waals surface area contributed by atoms with E-state index in [4.69, 9.17) is 0 Å². The molecule has 0 fully saturated rings. The van der Waals surface area contributed by atoms with Gasteiger partial charge in [0, 0.05) is 5.56 Å². The molecular formula is C15H11F3O. The first-order valence-electron chi connectivity index (χ1n) is 5.67. The van der Waals surface area contributed by atoms with E-state index >= 15 is 0 Å². The maximum atomic E-state index is 13.0. The van der Waals surface area contributed by atoms with Crippen molar-refractivity contribution in [1.29, 1.82) is 0 Å². The Hall–Kier alpha value is -2.10. The van der Waals surface area contributed by atoms with Crippen molar-refractivity contribution in [2.45, 2.75) is 13.1 Å². The third-order valence-electron chi connectivity index (χ3n) is 2.81. The first kappa shape index (κ1) is 13.3. The molecule has 0 spiro atoms. The Kier molecular flexibility index (Phi) is 3.42. The summed E-state index contributed by atoms with van der Waals surface area (Å²) in [6.07, 6.45) is -4.54. The topological polar surface area (TPSA) is 17.1 Å². The van der Waals surface area contributed by atoms with Crippen molar-refractivity contribution in [3.05, 3.63) is 59.7 Å². The summed E-state index contributed by atoms with van der Waals surface area (Å²) in [5.41, 5.74) is -0.0606. The fraction of sp³-hybridized carbons (Fsp3) is 0.133. The van der Waals surface area contributed by atoms with E-state index in [-0.39, 0.29) is 5.56 Å². The van der Waals surface area contributed by atoms with E-state index in [9.17, 15) is 18.0 Å². The van der Waals surface area contributed by atoms with E-state index in [2.05, 4.69) is 0 Å². The minimum Gasteiger partial charge on any atom is -0.294 e. The molecule has 0 amide bonds. The Labute approximate surface area is 108 Å². The quantitative estimate of drug-likeness (QED) is 0.726. The molecule has 0 heterocycles. The van der Waals surface area contributed by atoms with Crippen LogP contribution in [0.25, 0.3) is 11.1 Å². The molecule has 1 nitrogen and oxygen atoms in total. The van der Waals surface area contributed by atoms with Crippen LogP contribution in [0.5, 0.6) is 0 Å². The number of carbonyl (C=O) groups is 1. The summed E-state index contributed by atoms with van der Waals surface area (Å²) < 4.78 is 38.9. The van der Waals surface area contributed by atoms with Crippen LogP contribution in [0.4, 0.5) is 13.2 Å². The number of carbonyl (C=O) groups excluding carboxylic acids is 1. The average Bonchev–Trinajstić information content (AvgIpc) is 2.38. The lowest BCUT2D eigenvalue weighted by atomic mass is 9.97. The normalized spacial score (nSPS) is 11.4. The second kappa shape index (κ2) is 4.88. The number of alkyl halides is 3.